The van der Waals surface area contributed by atoms with Crippen LogP contribution in [0.1, 0.15) is 23.4 Å². The molecule has 0 saturated carbocycles. The number of benzene rings is 2. The Morgan fingerprint density at radius 1 is 1.03 bits per heavy atom. The number of para-hydroxylation sites is 1. The minimum absolute atomic E-state index is 0.0331. The number of aromatic nitrogens is 2. The molecule has 2 aromatic carbocycles. The van der Waals surface area contributed by atoms with E-state index in [0.29, 0.717) is 24.5 Å². The van der Waals surface area contributed by atoms with Crippen LogP contribution in [0.25, 0.3) is 0 Å². The highest BCUT2D eigenvalue weighted by molar-refractivity contribution is 6.12. The summed E-state index contributed by atoms with van der Waals surface area (Å²) in [6.07, 6.45) is 0.802. The lowest BCUT2D eigenvalue weighted by atomic mass is 10.1. The fraction of sp³-hybridized carbons (Fsp3) is 0.227. The number of nitrogens with zero attached hydrogens (tertiary/aromatic N) is 2. The summed E-state index contributed by atoms with van der Waals surface area (Å²) in [5.41, 5.74) is 13.0. The van der Waals surface area contributed by atoms with E-state index < -0.39 is 11.6 Å². The van der Waals surface area contributed by atoms with Crippen LogP contribution in [-0.4, -0.2) is 34.9 Å². The van der Waals surface area contributed by atoms with Gasteiger partial charge in [-0.3, -0.25) is 5.41 Å². The van der Waals surface area contributed by atoms with Crippen molar-refractivity contribution >= 4 is 28.7 Å². The van der Waals surface area contributed by atoms with Crippen LogP contribution in [0, 0.1) is 17.0 Å². The smallest absolute Gasteiger partial charge is 0.182 e. The molecule has 1 aliphatic heterocycles. The van der Waals surface area contributed by atoms with Crippen LogP contribution in [0.2, 0.25) is 0 Å². The number of anilines is 4. The number of halogens is 2. The van der Waals surface area contributed by atoms with E-state index in [1.54, 1.807) is 24.3 Å². The molecule has 1 aromatic heterocycles. The number of nitrogens with one attached hydrogen (secondary N) is 3. The molecule has 2 heterocycles. The highest BCUT2D eigenvalue weighted by Gasteiger charge is 2.22. The molecule has 3 aromatic rings. The van der Waals surface area contributed by atoms with Crippen LogP contribution in [-0.2, 0) is 11.3 Å². The number of ether oxygens (including phenoxy) is 1. The van der Waals surface area contributed by atoms with E-state index >= 15 is 0 Å². The predicted octanol–water partition coefficient (Wildman–Crippen LogP) is 3.15. The first-order chi connectivity index (χ1) is 15.4. The van der Waals surface area contributed by atoms with Crippen molar-refractivity contribution in [1.29, 1.82) is 5.41 Å². The van der Waals surface area contributed by atoms with Gasteiger partial charge in [-0.15, -0.1) is 0 Å². The van der Waals surface area contributed by atoms with Crippen molar-refractivity contribution in [2.45, 2.75) is 19.0 Å². The van der Waals surface area contributed by atoms with E-state index in [0.717, 1.165) is 6.42 Å². The zero-order valence-electron chi connectivity index (χ0n) is 17.2. The van der Waals surface area contributed by atoms with Crippen LogP contribution < -0.4 is 22.1 Å². The zero-order chi connectivity index (χ0) is 22.7. The van der Waals surface area contributed by atoms with Crippen molar-refractivity contribution in [3.05, 3.63) is 71.1 Å². The third-order valence-corrected chi connectivity index (χ3v) is 5.16. The lowest BCUT2D eigenvalue weighted by Crippen LogP contribution is -2.23. The quantitative estimate of drug-likeness (QED) is 0.357. The van der Waals surface area contributed by atoms with Crippen molar-refractivity contribution < 1.29 is 13.5 Å². The molecule has 0 aliphatic carbocycles. The largest absolute Gasteiger partial charge is 0.382 e. The van der Waals surface area contributed by atoms with E-state index in [1.807, 2.05) is 0 Å². The second-order valence-electron chi connectivity index (χ2n) is 7.38. The highest BCUT2D eigenvalue weighted by atomic mass is 19.1. The molecule has 4 rings (SSSR count). The molecular formula is C22H23F2N7O. The first-order valence-electron chi connectivity index (χ1n) is 10.1. The average molecular weight is 439 g/mol. The molecule has 32 heavy (non-hydrogen) atoms. The summed E-state index contributed by atoms with van der Waals surface area (Å²) in [7, 11) is 0. The fourth-order valence-electron chi connectivity index (χ4n) is 3.47. The number of rotatable bonds is 7. The van der Waals surface area contributed by atoms with E-state index in [-0.39, 0.29) is 47.0 Å². The molecule has 7 N–H and O–H groups in total. The van der Waals surface area contributed by atoms with Crippen LogP contribution in [0.15, 0.2) is 42.5 Å². The lowest BCUT2D eigenvalue weighted by Gasteiger charge is -2.17. The average Bonchev–Trinajstić information content (AvgIpc) is 3.29. The minimum atomic E-state index is -0.593. The Hall–Kier alpha value is -3.79. The topological polar surface area (TPSA) is 135 Å². The second-order valence-corrected chi connectivity index (χ2v) is 7.38. The van der Waals surface area contributed by atoms with Crippen molar-refractivity contribution in [2.75, 3.05) is 35.3 Å². The zero-order valence-corrected chi connectivity index (χ0v) is 17.2. The molecule has 166 valence electrons. The Labute approximate surface area is 183 Å². The fourth-order valence-corrected chi connectivity index (χ4v) is 3.47. The summed E-state index contributed by atoms with van der Waals surface area (Å²) in [6, 6.07) is 10.5. The maximum absolute atomic E-state index is 14.6. The highest BCUT2D eigenvalue weighted by Crippen LogP contribution is 2.28. The van der Waals surface area contributed by atoms with Gasteiger partial charge >= 0.3 is 0 Å². The van der Waals surface area contributed by atoms with Crippen LogP contribution in [0.5, 0.6) is 0 Å². The maximum atomic E-state index is 14.6. The third kappa shape index (κ3) is 4.45. The summed E-state index contributed by atoms with van der Waals surface area (Å²) in [4.78, 5) is 8.41. The van der Waals surface area contributed by atoms with Gasteiger partial charge in [-0.2, -0.15) is 0 Å². The molecule has 0 spiro atoms. The Morgan fingerprint density at radius 2 is 1.75 bits per heavy atom. The first kappa shape index (κ1) is 21.4. The van der Waals surface area contributed by atoms with Gasteiger partial charge in [0.15, 0.2) is 17.5 Å². The van der Waals surface area contributed by atoms with Gasteiger partial charge < -0.3 is 26.8 Å². The summed E-state index contributed by atoms with van der Waals surface area (Å²) >= 11 is 0. The molecule has 1 fully saturated rings. The van der Waals surface area contributed by atoms with Crippen molar-refractivity contribution in [1.82, 2.24) is 9.97 Å². The second kappa shape index (κ2) is 9.15. The van der Waals surface area contributed by atoms with Gasteiger partial charge in [0.25, 0.3) is 0 Å². The van der Waals surface area contributed by atoms with Gasteiger partial charge in [0.05, 0.1) is 18.3 Å². The number of hydrogen-bond donors (Lipinski definition) is 5. The number of nitrogens with two attached hydrogens (primary N) is 2. The van der Waals surface area contributed by atoms with Gasteiger partial charge in [0, 0.05) is 24.3 Å². The van der Waals surface area contributed by atoms with Crippen LogP contribution in [0.3, 0.4) is 0 Å². The van der Waals surface area contributed by atoms with Gasteiger partial charge in [0.1, 0.15) is 23.0 Å². The third-order valence-electron chi connectivity index (χ3n) is 5.16. The van der Waals surface area contributed by atoms with Crippen molar-refractivity contribution in [3.63, 3.8) is 0 Å². The van der Waals surface area contributed by atoms with Gasteiger partial charge in [-0.05, 0) is 18.6 Å². The minimum Gasteiger partial charge on any atom is -0.382 e. The molecule has 8 nitrogen and oxygen atoms in total. The monoisotopic (exact) mass is 439 g/mol. The first-order valence-corrected chi connectivity index (χ1v) is 10.1. The predicted molar refractivity (Wildman–Crippen MR) is 120 cm³/mol. The molecule has 10 heteroatoms. The maximum Gasteiger partial charge on any atom is 0.182 e. The summed E-state index contributed by atoms with van der Waals surface area (Å²) < 4.78 is 33.9. The van der Waals surface area contributed by atoms with E-state index in [2.05, 4.69) is 20.6 Å². The van der Waals surface area contributed by atoms with E-state index in [9.17, 15) is 8.78 Å². The van der Waals surface area contributed by atoms with E-state index in [1.165, 1.54) is 18.2 Å². The van der Waals surface area contributed by atoms with Crippen LogP contribution >= 0.6 is 0 Å². The standard InChI is InChI=1S/C22H23F2N7O/c23-15-6-2-1-4-12(15)10-28-18-14(5-3-7-16(18)24)17(25)22-30-20(26)19(21(27)31-22)29-13-8-9-32-11-13/h1-7,13,25,28-29H,8-11H2,(H4,26,27,30,31). The van der Waals surface area contributed by atoms with Gasteiger partial charge in [-0.1, -0.05) is 30.3 Å². The molecule has 1 saturated heterocycles. The summed E-state index contributed by atoms with van der Waals surface area (Å²) in [5, 5.41) is 14.6. The Balaban J connectivity index is 1.60. The molecule has 1 aliphatic rings. The number of hydrogen-bond acceptors (Lipinski definition) is 8. The van der Waals surface area contributed by atoms with Gasteiger partial charge in [0.2, 0.25) is 0 Å². The Morgan fingerprint density at radius 3 is 2.44 bits per heavy atom. The molecule has 1 unspecified atom stereocenters. The van der Waals surface area contributed by atoms with Crippen molar-refractivity contribution in [3.8, 4) is 0 Å². The normalized spacial score (nSPS) is 15.5. The Kier molecular flexibility index (Phi) is 6.13. The Bertz CT molecular complexity index is 1130. The summed E-state index contributed by atoms with van der Waals surface area (Å²) in [6.45, 7) is 1.20. The van der Waals surface area contributed by atoms with Gasteiger partial charge in [-0.25, -0.2) is 18.7 Å². The molecular weight excluding hydrogens is 416 g/mol. The molecule has 1 atom stereocenters. The SMILES string of the molecule is N=C(c1nc(N)c(NC2CCOC2)c(N)n1)c1cccc(F)c1NCc1ccccc1F. The molecule has 0 radical (unpaired) electrons. The summed E-state index contributed by atoms with van der Waals surface area (Å²) in [5.74, 6) is -0.882. The molecule has 0 amide bonds. The van der Waals surface area contributed by atoms with Crippen molar-refractivity contribution in [2.24, 2.45) is 0 Å². The van der Waals surface area contributed by atoms with Crippen LogP contribution in [0.4, 0.5) is 31.8 Å². The molecule has 0 bridgehead atoms. The lowest BCUT2D eigenvalue weighted by molar-refractivity contribution is 0.195. The van der Waals surface area contributed by atoms with E-state index in [4.69, 9.17) is 21.6 Å². The number of nitrogen functional groups attached to an aromatic ring is 2.